The van der Waals surface area contributed by atoms with E-state index in [-0.39, 0.29) is 40.7 Å². The van der Waals surface area contributed by atoms with E-state index in [1.165, 1.54) is 12.1 Å². The molecule has 1 fully saturated rings. The fourth-order valence-corrected chi connectivity index (χ4v) is 4.30. The van der Waals surface area contributed by atoms with Crippen LogP contribution in [0.3, 0.4) is 0 Å². The number of ether oxygens (including phenoxy) is 1. The summed E-state index contributed by atoms with van der Waals surface area (Å²) in [6, 6.07) is 11.6. The number of nitrogens with one attached hydrogen (secondary N) is 1. The van der Waals surface area contributed by atoms with Crippen LogP contribution in [0.5, 0.6) is 5.75 Å². The highest BCUT2D eigenvalue weighted by molar-refractivity contribution is 6.22. The predicted octanol–water partition coefficient (Wildman–Crippen LogP) is 5.36. The van der Waals surface area contributed by atoms with Gasteiger partial charge in [-0.15, -0.1) is 0 Å². The Kier molecular flexibility index (Phi) is 6.72. The van der Waals surface area contributed by atoms with Crippen LogP contribution in [0.4, 0.5) is 22.7 Å². The molecule has 4 rings (SSSR count). The number of imide groups is 1. The number of hydrogen-bond acceptors (Lipinski definition) is 6. The minimum absolute atomic E-state index is 0.207. The number of carbonyl (C=O) groups is 2. The number of nitrogens with zero attached hydrogens (tertiary/aromatic N) is 2. The minimum atomic E-state index is -0.517. The van der Waals surface area contributed by atoms with Crippen molar-refractivity contribution in [3.63, 3.8) is 0 Å². The van der Waals surface area contributed by atoms with E-state index in [2.05, 4.69) is 12.2 Å². The largest absolute Gasteiger partial charge is 0.494 e. The van der Waals surface area contributed by atoms with Crippen LogP contribution < -0.4 is 15.0 Å². The van der Waals surface area contributed by atoms with Crippen LogP contribution in [0.1, 0.15) is 39.0 Å². The van der Waals surface area contributed by atoms with Crippen molar-refractivity contribution in [3.05, 3.63) is 64.7 Å². The van der Waals surface area contributed by atoms with Crippen molar-refractivity contribution in [2.45, 2.75) is 39.0 Å². The molecule has 1 aliphatic heterocycles. The molecule has 2 atom stereocenters. The molecular formula is C25H27N3O5. The normalized spacial score (nSPS) is 19.5. The quantitative estimate of drug-likeness (QED) is 0.182. The Bertz CT molecular complexity index is 1050. The number of carbonyl (C=O) groups excluding carboxylic acids is 2. The second-order valence-corrected chi connectivity index (χ2v) is 8.33. The van der Waals surface area contributed by atoms with E-state index in [9.17, 15) is 19.7 Å². The summed E-state index contributed by atoms with van der Waals surface area (Å²) < 4.78 is 5.70. The van der Waals surface area contributed by atoms with E-state index in [4.69, 9.17) is 4.74 Å². The smallest absolute Gasteiger partial charge is 0.294 e. The summed E-state index contributed by atoms with van der Waals surface area (Å²) in [4.78, 5) is 38.0. The third kappa shape index (κ3) is 4.74. The maximum Gasteiger partial charge on any atom is 0.294 e. The van der Waals surface area contributed by atoms with Crippen molar-refractivity contribution in [1.82, 2.24) is 0 Å². The van der Waals surface area contributed by atoms with Crippen LogP contribution in [0.2, 0.25) is 0 Å². The topological polar surface area (TPSA) is 102 Å². The molecule has 2 aliphatic rings. The summed E-state index contributed by atoms with van der Waals surface area (Å²) >= 11 is 0. The number of rotatable bonds is 9. The van der Waals surface area contributed by atoms with Gasteiger partial charge in [0.1, 0.15) is 11.4 Å². The number of unbranched alkanes of at least 4 members (excludes halogenated alkanes) is 2. The SMILES string of the molecule is CCCCCOc1ccc(Nc2ccc(N3C(=O)[C@H]4CC=CC[C@@H]4C3=O)cc2[N+](=O)[O-])cc1. The molecule has 2 aromatic rings. The van der Waals surface area contributed by atoms with Gasteiger partial charge in [-0.25, -0.2) is 4.90 Å². The minimum Gasteiger partial charge on any atom is -0.494 e. The van der Waals surface area contributed by atoms with Crippen molar-refractivity contribution in [2.75, 3.05) is 16.8 Å². The van der Waals surface area contributed by atoms with Crippen molar-refractivity contribution < 1.29 is 19.2 Å². The Balaban J connectivity index is 1.51. The standard InChI is InChI=1S/C25H27N3O5/c1-2-3-6-15-33-19-12-9-17(10-13-19)26-22-14-11-18(16-23(22)28(31)32)27-24(29)20-7-4-5-8-21(20)25(27)30/h4-5,9-14,16,20-21,26H,2-3,6-8,15H2,1H3/t20-,21-/m0/s1. The summed E-state index contributed by atoms with van der Waals surface area (Å²) in [6.45, 7) is 2.79. The number of hydrogen-bond donors (Lipinski definition) is 1. The molecule has 0 radical (unpaired) electrons. The summed E-state index contributed by atoms with van der Waals surface area (Å²) in [5.41, 5.74) is 0.962. The Morgan fingerprint density at radius 1 is 1.03 bits per heavy atom. The Hall–Kier alpha value is -3.68. The molecule has 2 amide bonds. The lowest BCUT2D eigenvalue weighted by molar-refractivity contribution is -0.383. The summed E-state index contributed by atoms with van der Waals surface area (Å²) in [5.74, 6) is -0.620. The van der Waals surface area contributed by atoms with Crippen LogP contribution in [0, 0.1) is 22.0 Å². The first-order chi connectivity index (χ1) is 16.0. The van der Waals surface area contributed by atoms with Crippen LogP contribution in [0.15, 0.2) is 54.6 Å². The third-order valence-electron chi connectivity index (χ3n) is 6.09. The van der Waals surface area contributed by atoms with Gasteiger partial charge in [-0.2, -0.15) is 0 Å². The molecule has 0 spiro atoms. The van der Waals surface area contributed by atoms with Gasteiger partial charge < -0.3 is 10.1 Å². The van der Waals surface area contributed by atoms with E-state index in [1.54, 1.807) is 18.2 Å². The van der Waals surface area contributed by atoms with Crippen molar-refractivity contribution in [1.29, 1.82) is 0 Å². The Morgan fingerprint density at radius 2 is 1.70 bits per heavy atom. The van der Waals surface area contributed by atoms with Gasteiger partial charge in [0.2, 0.25) is 11.8 Å². The highest BCUT2D eigenvalue weighted by Crippen LogP contribution is 2.40. The van der Waals surface area contributed by atoms with E-state index >= 15 is 0 Å². The van der Waals surface area contributed by atoms with Crippen molar-refractivity contribution in [2.24, 2.45) is 11.8 Å². The number of anilines is 3. The first-order valence-electron chi connectivity index (χ1n) is 11.3. The predicted molar refractivity (Wildman–Crippen MR) is 126 cm³/mol. The molecule has 0 bridgehead atoms. The number of nitro groups is 1. The third-order valence-corrected chi connectivity index (χ3v) is 6.09. The Labute approximate surface area is 192 Å². The molecule has 0 saturated carbocycles. The zero-order valence-corrected chi connectivity index (χ0v) is 18.5. The second kappa shape index (κ2) is 9.85. The molecule has 1 N–H and O–H groups in total. The van der Waals surface area contributed by atoms with Gasteiger partial charge in [-0.05, 0) is 55.7 Å². The fourth-order valence-electron chi connectivity index (χ4n) is 4.30. The van der Waals surface area contributed by atoms with Crippen molar-refractivity contribution >= 4 is 34.6 Å². The van der Waals surface area contributed by atoms with Gasteiger partial charge in [0.15, 0.2) is 0 Å². The number of nitro benzene ring substituents is 1. The average molecular weight is 450 g/mol. The van der Waals surface area contributed by atoms with Gasteiger partial charge in [0.05, 0.1) is 29.1 Å². The van der Waals surface area contributed by atoms with Crippen molar-refractivity contribution in [3.8, 4) is 5.75 Å². The molecule has 8 nitrogen and oxygen atoms in total. The number of allylic oxidation sites excluding steroid dienone is 2. The van der Waals surface area contributed by atoms with Crippen LogP contribution in [0.25, 0.3) is 0 Å². The molecule has 2 aromatic carbocycles. The van der Waals surface area contributed by atoms with Crippen LogP contribution >= 0.6 is 0 Å². The fraction of sp³-hybridized carbons (Fsp3) is 0.360. The average Bonchev–Trinajstić information content (AvgIpc) is 3.08. The molecule has 33 heavy (non-hydrogen) atoms. The molecule has 1 saturated heterocycles. The van der Waals surface area contributed by atoms with E-state index in [0.29, 0.717) is 25.1 Å². The number of amides is 2. The van der Waals surface area contributed by atoms with E-state index in [1.807, 2.05) is 24.3 Å². The van der Waals surface area contributed by atoms with Gasteiger partial charge in [-0.3, -0.25) is 19.7 Å². The first kappa shape index (κ1) is 22.5. The molecule has 172 valence electrons. The maximum atomic E-state index is 12.8. The molecule has 1 heterocycles. The lowest BCUT2D eigenvalue weighted by Gasteiger charge is -2.16. The van der Waals surface area contributed by atoms with E-state index in [0.717, 1.165) is 29.9 Å². The van der Waals surface area contributed by atoms with Crippen LogP contribution in [-0.4, -0.2) is 23.3 Å². The summed E-state index contributed by atoms with van der Waals surface area (Å²) in [5, 5.41) is 14.8. The van der Waals surface area contributed by atoms with E-state index < -0.39 is 4.92 Å². The monoisotopic (exact) mass is 449 g/mol. The van der Waals surface area contributed by atoms with Crippen LogP contribution in [-0.2, 0) is 9.59 Å². The molecule has 0 unspecified atom stereocenters. The zero-order valence-electron chi connectivity index (χ0n) is 18.5. The van der Waals surface area contributed by atoms with Gasteiger partial charge in [0, 0.05) is 11.8 Å². The Morgan fingerprint density at radius 3 is 2.30 bits per heavy atom. The summed E-state index contributed by atoms with van der Waals surface area (Å²) in [6.07, 6.45) is 8.10. The number of benzene rings is 2. The van der Waals surface area contributed by atoms with Gasteiger partial charge >= 0.3 is 0 Å². The molecule has 0 aromatic heterocycles. The highest BCUT2D eigenvalue weighted by atomic mass is 16.6. The maximum absolute atomic E-state index is 12.8. The summed E-state index contributed by atoms with van der Waals surface area (Å²) in [7, 11) is 0. The second-order valence-electron chi connectivity index (χ2n) is 8.33. The molecular weight excluding hydrogens is 422 g/mol. The zero-order chi connectivity index (χ0) is 23.4. The first-order valence-corrected chi connectivity index (χ1v) is 11.3. The molecule has 8 heteroatoms. The highest BCUT2D eigenvalue weighted by Gasteiger charge is 2.48. The lowest BCUT2D eigenvalue weighted by atomic mass is 9.85. The van der Waals surface area contributed by atoms with Gasteiger partial charge in [0.25, 0.3) is 5.69 Å². The number of fused-ring (bicyclic) bond motifs is 1. The van der Waals surface area contributed by atoms with Gasteiger partial charge in [-0.1, -0.05) is 31.9 Å². The molecule has 1 aliphatic carbocycles. The lowest BCUT2D eigenvalue weighted by Crippen LogP contribution is -2.30.